The fraction of sp³-hybridized carbons (Fsp3) is 0.786. The van der Waals surface area contributed by atoms with Gasteiger partial charge in [-0.1, -0.05) is 12.2 Å². The van der Waals surface area contributed by atoms with Crippen molar-refractivity contribution in [1.82, 2.24) is 9.80 Å². The SMILES string of the molecule is C=C(CN(C)C)CC1(O)CCN(C(=O)OCC)CC1. The zero-order valence-corrected chi connectivity index (χ0v) is 12.3. The molecule has 0 unspecified atom stereocenters. The molecular weight excluding hydrogens is 244 g/mol. The molecule has 19 heavy (non-hydrogen) atoms. The number of aliphatic hydroxyl groups is 1. The van der Waals surface area contributed by atoms with Crippen LogP contribution in [0.1, 0.15) is 26.2 Å². The van der Waals surface area contributed by atoms with Gasteiger partial charge in [0.25, 0.3) is 0 Å². The van der Waals surface area contributed by atoms with Gasteiger partial charge in [0.2, 0.25) is 0 Å². The van der Waals surface area contributed by atoms with E-state index in [0.717, 1.165) is 12.1 Å². The molecule has 1 aliphatic heterocycles. The normalized spacial score (nSPS) is 18.5. The number of hydrogen-bond donors (Lipinski definition) is 1. The molecule has 1 heterocycles. The summed E-state index contributed by atoms with van der Waals surface area (Å²) in [6.45, 7) is 8.07. The van der Waals surface area contributed by atoms with Gasteiger partial charge in [0.05, 0.1) is 12.2 Å². The summed E-state index contributed by atoms with van der Waals surface area (Å²) in [6.07, 6.45) is 1.48. The molecule has 1 saturated heterocycles. The fourth-order valence-electron chi connectivity index (χ4n) is 2.47. The smallest absolute Gasteiger partial charge is 0.409 e. The highest BCUT2D eigenvalue weighted by molar-refractivity contribution is 5.67. The van der Waals surface area contributed by atoms with Gasteiger partial charge in [0.1, 0.15) is 0 Å². The van der Waals surface area contributed by atoms with Gasteiger partial charge in [-0.05, 0) is 40.3 Å². The van der Waals surface area contributed by atoms with Gasteiger partial charge in [-0.3, -0.25) is 0 Å². The Morgan fingerprint density at radius 2 is 2.00 bits per heavy atom. The average molecular weight is 270 g/mol. The van der Waals surface area contributed by atoms with Gasteiger partial charge in [-0.2, -0.15) is 0 Å². The number of carbonyl (C=O) groups is 1. The lowest BCUT2D eigenvalue weighted by molar-refractivity contribution is -0.0200. The van der Waals surface area contributed by atoms with E-state index in [9.17, 15) is 9.90 Å². The van der Waals surface area contributed by atoms with E-state index in [-0.39, 0.29) is 6.09 Å². The molecule has 0 spiro atoms. The lowest BCUT2D eigenvalue weighted by atomic mass is 9.85. The maximum Gasteiger partial charge on any atom is 0.409 e. The summed E-state index contributed by atoms with van der Waals surface area (Å²) in [6, 6.07) is 0. The monoisotopic (exact) mass is 270 g/mol. The number of likely N-dealkylation sites (tertiary alicyclic amines) is 1. The molecule has 1 rings (SSSR count). The summed E-state index contributed by atoms with van der Waals surface area (Å²) in [7, 11) is 3.97. The van der Waals surface area contributed by atoms with Gasteiger partial charge in [0, 0.05) is 19.6 Å². The van der Waals surface area contributed by atoms with E-state index in [1.54, 1.807) is 11.8 Å². The summed E-state index contributed by atoms with van der Waals surface area (Å²) in [5, 5.41) is 10.5. The standard InChI is InChI=1S/C14H26N2O3/c1-5-19-13(17)16-8-6-14(18,7-9-16)10-12(2)11-15(3)4/h18H,2,5-11H2,1,3-4H3. The summed E-state index contributed by atoms with van der Waals surface area (Å²) in [5.41, 5.74) is 0.299. The fourth-order valence-corrected chi connectivity index (χ4v) is 2.47. The average Bonchev–Trinajstić information content (AvgIpc) is 2.28. The van der Waals surface area contributed by atoms with Crippen molar-refractivity contribution < 1.29 is 14.6 Å². The molecule has 0 aromatic rings. The Morgan fingerprint density at radius 3 is 2.47 bits per heavy atom. The third-order valence-electron chi connectivity index (χ3n) is 3.34. The minimum absolute atomic E-state index is 0.281. The lowest BCUT2D eigenvalue weighted by Crippen LogP contribution is -2.47. The molecule has 0 atom stereocenters. The number of piperidine rings is 1. The van der Waals surface area contributed by atoms with Crippen LogP contribution in [0.3, 0.4) is 0 Å². The van der Waals surface area contributed by atoms with Crippen molar-refractivity contribution in [2.24, 2.45) is 0 Å². The van der Waals surface area contributed by atoms with Crippen LogP contribution >= 0.6 is 0 Å². The minimum atomic E-state index is -0.726. The molecule has 110 valence electrons. The zero-order chi connectivity index (χ0) is 14.5. The van der Waals surface area contributed by atoms with Gasteiger partial charge in [-0.25, -0.2) is 4.79 Å². The third kappa shape index (κ3) is 5.20. The summed E-state index contributed by atoms with van der Waals surface area (Å²) >= 11 is 0. The van der Waals surface area contributed by atoms with E-state index < -0.39 is 5.60 Å². The second-order valence-electron chi connectivity index (χ2n) is 5.57. The molecule has 5 heteroatoms. The largest absolute Gasteiger partial charge is 0.450 e. The number of likely N-dealkylation sites (N-methyl/N-ethyl adjacent to an activating group) is 1. The highest BCUT2D eigenvalue weighted by Gasteiger charge is 2.34. The zero-order valence-electron chi connectivity index (χ0n) is 12.3. The van der Waals surface area contributed by atoms with E-state index in [2.05, 4.69) is 6.58 Å². The molecule has 1 fully saturated rings. The number of hydrogen-bond acceptors (Lipinski definition) is 4. The predicted octanol–water partition coefficient (Wildman–Crippen LogP) is 1.48. The highest BCUT2D eigenvalue weighted by Crippen LogP contribution is 2.28. The van der Waals surface area contributed by atoms with Crippen LogP contribution in [0, 0.1) is 0 Å². The van der Waals surface area contributed by atoms with E-state index >= 15 is 0 Å². The minimum Gasteiger partial charge on any atom is -0.450 e. The van der Waals surface area contributed by atoms with Crippen LogP contribution < -0.4 is 0 Å². The number of rotatable bonds is 5. The molecule has 1 N–H and O–H groups in total. The van der Waals surface area contributed by atoms with Crippen molar-refractivity contribution in [3.63, 3.8) is 0 Å². The van der Waals surface area contributed by atoms with Crippen LogP contribution in [0.5, 0.6) is 0 Å². The molecule has 1 amide bonds. The lowest BCUT2D eigenvalue weighted by Gasteiger charge is -2.38. The first-order valence-electron chi connectivity index (χ1n) is 6.82. The maximum atomic E-state index is 11.6. The first kappa shape index (κ1) is 16.0. The molecule has 0 aliphatic carbocycles. The van der Waals surface area contributed by atoms with E-state index in [0.29, 0.717) is 39.0 Å². The van der Waals surface area contributed by atoms with Crippen molar-refractivity contribution in [2.75, 3.05) is 40.3 Å². The van der Waals surface area contributed by atoms with E-state index in [4.69, 9.17) is 4.74 Å². The van der Waals surface area contributed by atoms with Crippen LogP contribution in [0.25, 0.3) is 0 Å². The molecule has 0 radical (unpaired) electrons. The van der Waals surface area contributed by atoms with Gasteiger partial charge < -0.3 is 19.6 Å². The van der Waals surface area contributed by atoms with Crippen molar-refractivity contribution in [2.45, 2.75) is 31.8 Å². The maximum absolute atomic E-state index is 11.6. The highest BCUT2D eigenvalue weighted by atomic mass is 16.6. The predicted molar refractivity (Wildman–Crippen MR) is 75.1 cm³/mol. The quantitative estimate of drug-likeness (QED) is 0.769. The van der Waals surface area contributed by atoms with Crippen LogP contribution in [-0.2, 0) is 4.74 Å². The van der Waals surface area contributed by atoms with Gasteiger partial charge in [0.15, 0.2) is 0 Å². The first-order valence-corrected chi connectivity index (χ1v) is 6.82. The molecule has 0 aromatic carbocycles. The van der Waals surface area contributed by atoms with E-state index in [1.807, 2.05) is 19.0 Å². The second kappa shape index (κ2) is 6.91. The molecule has 5 nitrogen and oxygen atoms in total. The molecule has 0 aromatic heterocycles. The van der Waals surface area contributed by atoms with E-state index in [1.165, 1.54) is 0 Å². The summed E-state index contributed by atoms with van der Waals surface area (Å²) in [5.74, 6) is 0. The summed E-state index contributed by atoms with van der Waals surface area (Å²) < 4.78 is 4.96. The molecule has 0 saturated carbocycles. The van der Waals surface area contributed by atoms with Crippen molar-refractivity contribution in [3.8, 4) is 0 Å². The van der Waals surface area contributed by atoms with Crippen LogP contribution in [0.4, 0.5) is 4.79 Å². The Hall–Kier alpha value is -1.07. The van der Waals surface area contributed by atoms with Crippen LogP contribution in [0.2, 0.25) is 0 Å². The Kier molecular flexibility index (Phi) is 5.82. The molecule has 0 bridgehead atoms. The molecular formula is C14H26N2O3. The van der Waals surface area contributed by atoms with Crippen LogP contribution in [0.15, 0.2) is 12.2 Å². The topological polar surface area (TPSA) is 53.0 Å². The Bertz CT molecular complexity index is 321. The Morgan fingerprint density at radius 1 is 1.42 bits per heavy atom. The Balaban J connectivity index is 2.42. The second-order valence-corrected chi connectivity index (χ2v) is 5.57. The van der Waals surface area contributed by atoms with Crippen molar-refractivity contribution in [3.05, 3.63) is 12.2 Å². The van der Waals surface area contributed by atoms with Crippen molar-refractivity contribution in [1.29, 1.82) is 0 Å². The van der Waals surface area contributed by atoms with Crippen molar-refractivity contribution >= 4 is 6.09 Å². The summed E-state index contributed by atoms with van der Waals surface area (Å²) in [4.78, 5) is 15.3. The number of ether oxygens (including phenoxy) is 1. The Labute approximate surface area is 115 Å². The number of nitrogens with zero attached hydrogens (tertiary/aromatic N) is 2. The van der Waals surface area contributed by atoms with Gasteiger partial charge in [-0.15, -0.1) is 0 Å². The van der Waals surface area contributed by atoms with Gasteiger partial charge >= 0.3 is 6.09 Å². The van der Waals surface area contributed by atoms with Crippen LogP contribution in [-0.4, -0.2) is 66.9 Å². The first-order chi connectivity index (χ1) is 8.86. The third-order valence-corrected chi connectivity index (χ3v) is 3.34. The number of carbonyl (C=O) groups excluding carboxylic acids is 1. The number of amides is 1. The molecule has 1 aliphatic rings.